The molecule has 0 heterocycles. The molecule has 0 radical (unpaired) electrons. The first-order chi connectivity index (χ1) is 8.36. The van der Waals surface area contributed by atoms with Gasteiger partial charge in [-0.25, -0.2) is 0 Å². The van der Waals surface area contributed by atoms with E-state index in [9.17, 15) is 4.79 Å². The van der Waals surface area contributed by atoms with Crippen molar-refractivity contribution in [1.82, 2.24) is 10.2 Å². The first-order valence-corrected chi connectivity index (χ1v) is 7.32. The molecule has 3 nitrogen and oxygen atoms in total. The highest BCUT2D eigenvalue weighted by Crippen LogP contribution is 2.27. The number of nitrogens with one attached hydrogen (secondary N) is 1. The van der Waals surface area contributed by atoms with Gasteiger partial charge in [-0.05, 0) is 39.3 Å². The third kappa shape index (κ3) is 4.27. The molecule has 1 fully saturated rings. The van der Waals surface area contributed by atoms with Crippen LogP contribution in [0.15, 0.2) is 0 Å². The predicted octanol–water partition coefficient (Wildman–Crippen LogP) is 2.66. The Kier molecular flexibility index (Phi) is 5.64. The van der Waals surface area contributed by atoms with Crippen molar-refractivity contribution in [3.05, 3.63) is 0 Å². The fourth-order valence-electron chi connectivity index (χ4n) is 2.61. The van der Waals surface area contributed by atoms with Gasteiger partial charge in [0.1, 0.15) is 0 Å². The molecule has 0 spiro atoms. The number of carbonyl (C=O) groups is 1. The van der Waals surface area contributed by atoms with Gasteiger partial charge in [0.05, 0.1) is 0 Å². The minimum Gasteiger partial charge on any atom is -0.353 e. The van der Waals surface area contributed by atoms with Crippen molar-refractivity contribution in [3.8, 4) is 0 Å². The van der Waals surface area contributed by atoms with E-state index < -0.39 is 0 Å². The van der Waals surface area contributed by atoms with Crippen LogP contribution in [0.3, 0.4) is 0 Å². The first-order valence-electron chi connectivity index (χ1n) is 7.32. The van der Waals surface area contributed by atoms with Crippen LogP contribution in [0, 0.1) is 11.3 Å². The van der Waals surface area contributed by atoms with E-state index in [0.29, 0.717) is 12.0 Å². The van der Waals surface area contributed by atoms with E-state index in [2.05, 4.69) is 31.2 Å². The molecule has 2 atom stereocenters. The predicted molar refractivity (Wildman–Crippen MR) is 76.5 cm³/mol. The summed E-state index contributed by atoms with van der Waals surface area (Å²) in [6.45, 7) is 7.23. The highest BCUT2D eigenvalue weighted by molar-refractivity contribution is 5.82. The Hall–Kier alpha value is -0.570. The van der Waals surface area contributed by atoms with Gasteiger partial charge in [-0.1, -0.05) is 33.6 Å². The SMILES string of the molecule is CCC(C)(C)C(=O)NC1CCCCC1CN(C)C. The van der Waals surface area contributed by atoms with E-state index in [0.717, 1.165) is 19.4 Å². The van der Waals surface area contributed by atoms with Crippen LogP contribution in [0.25, 0.3) is 0 Å². The molecule has 1 rings (SSSR count). The lowest BCUT2D eigenvalue weighted by molar-refractivity contribution is -0.131. The maximum absolute atomic E-state index is 12.3. The lowest BCUT2D eigenvalue weighted by Crippen LogP contribution is -2.49. The summed E-state index contributed by atoms with van der Waals surface area (Å²) in [6, 6.07) is 0.375. The van der Waals surface area contributed by atoms with Gasteiger partial charge in [0.25, 0.3) is 0 Å². The Balaban J connectivity index is 2.59. The standard InChI is InChI=1S/C15H30N2O/c1-6-15(2,3)14(18)16-13-10-8-7-9-12(13)11-17(4)5/h12-13H,6-11H2,1-5H3,(H,16,18). The molecule has 18 heavy (non-hydrogen) atoms. The van der Waals surface area contributed by atoms with Gasteiger partial charge in [0.15, 0.2) is 0 Å². The van der Waals surface area contributed by atoms with Crippen molar-refractivity contribution in [2.75, 3.05) is 20.6 Å². The number of amides is 1. The van der Waals surface area contributed by atoms with Crippen LogP contribution >= 0.6 is 0 Å². The van der Waals surface area contributed by atoms with Gasteiger partial charge in [0.2, 0.25) is 5.91 Å². The second-order valence-electron chi connectivity index (χ2n) is 6.62. The number of hydrogen-bond donors (Lipinski definition) is 1. The average Bonchev–Trinajstić information content (AvgIpc) is 2.31. The summed E-state index contributed by atoms with van der Waals surface area (Å²) in [7, 11) is 4.23. The molecule has 0 aromatic rings. The van der Waals surface area contributed by atoms with Crippen molar-refractivity contribution in [2.45, 2.75) is 58.9 Å². The Labute approximate surface area is 112 Å². The molecule has 1 amide bonds. The van der Waals surface area contributed by atoms with E-state index in [1.807, 2.05) is 13.8 Å². The van der Waals surface area contributed by atoms with Gasteiger partial charge in [-0.15, -0.1) is 0 Å². The summed E-state index contributed by atoms with van der Waals surface area (Å²) in [5, 5.41) is 3.30. The molecule has 1 N–H and O–H groups in total. The zero-order valence-corrected chi connectivity index (χ0v) is 12.8. The first kappa shape index (κ1) is 15.5. The summed E-state index contributed by atoms with van der Waals surface area (Å²) < 4.78 is 0. The van der Waals surface area contributed by atoms with Gasteiger partial charge in [-0.3, -0.25) is 4.79 Å². The van der Waals surface area contributed by atoms with E-state index >= 15 is 0 Å². The van der Waals surface area contributed by atoms with Gasteiger partial charge < -0.3 is 10.2 Å². The molecule has 2 unspecified atom stereocenters. The Morgan fingerprint density at radius 1 is 1.28 bits per heavy atom. The van der Waals surface area contributed by atoms with Crippen molar-refractivity contribution >= 4 is 5.91 Å². The van der Waals surface area contributed by atoms with Gasteiger partial charge in [-0.2, -0.15) is 0 Å². The van der Waals surface area contributed by atoms with Crippen molar-refractivity contribution < 1.29 is 4.79 Å². The monoisotopic (exact) mass is 254 g/mol. The van der Waals surface area contributed by atoms with Crippen LogP contribution in [0.2, 0.25) is 0 Å². The average molecular weight is 254 g/mol. The maximum atomic E-state index is 12.3. The highest BCUT2D eigenvalue weighted by atomic mass is 16.2. The number of nitrogens with zero attached hydrogens (tertiary/aromatic N) is 1. The van der Waals surface area contributed by atoms with E-state index in [4.69, 9.17) is 0 Å². The van der Waals surface area contributed by atoms with E-state index in [-0.39, 0.29) is 11.3 Å². The lowest BCUT2D eigenvalue weighted by atomic mass is 9.82. The van der Waals surface area contributed by atoms with Crippen LogP contribution in [0.4, 0.5) is 0 Å². The zero-order valence-electron chi connectivity index (χ0n) is 12.8. The minimum atomic E-state index is -0.236. The molecule has 3 heteroatoms. The maximum Gasteiger partial charge on any atom is 0.225 e. The third-order valence-corrected chi connectivity index (χ3v) is 4.32. The Morgan fingerprint density at radius 3 is 2.44 bits per heavy atom. The molecule has 1 aliphatic carbocycles. The van der Waals surface area contributed by atoms with Gasteiger partial charge >= 0.3 is 0 Å². The second-order valence-corrected chi connectivity index (χ2v) is 6.62. The van der Waals surface area contributed by atoms with Crippen molar-refractivity contribution in [1.29, 1.82) is 0 Å². The molecular weight excluding hydrogens is 224 g/mol. The summed E-state index contributed by atoms with van der Waals surface area (Å²) in [5.74, 6) is 0.839. The van der Waals surface area contributed by atoms with Crippen molar-refractivity contribution in [2.24, 2.45) is 11.3 Å². The summed E-state index contributed by atoms with van der Waals surface area (Å²) >= 11 is 0. The molecular formula is C15H30N2O. The normalized spacial score (nSPS) is 25.2. The fourth-order valence-corrected chi connectivity index (χ4v) is 2.61. The number of rotatable bonds is 5. The molecule has 0 aromatic heterocycles. The molecule has 1 aliphatic rings. The smallest absolute Gasteiger partial charge is 0.225 e. The van der Waals surface area contributed by atoms with E-state index in [1.165, 1.54) is 19.3 Å². The quantitative estimate of drug-likeness (QED) is 0.818. The molecule has 0 aromatic carbocycles. The van der Waals surface area contributed by atoms with Crippen molar-refractivity contribution in [3.63, 3.8) is 0 Å². The summed E-state index contributed by atoms with van der Waals surface area (Å²) in [6.07, 6.45) is 5.84. The number of hydrogen-bond acceptors (Lipinski definition) is 2. The Morgan fingerprint density at radius 2 is 1.89 bits per heavy atom. The fraction of sp³-hybridized carbons (Fsp3) is 0.933. The molecule has 0 bridgehead atoms. The topological polar surface area (TPSA) is 32.3 Å². The third-order valence-electron chi connectivity index (χ3n) is 4.32. The molecule has 106 valence electrons. The minimum absolute atomic E-state index is 0.223. The summed E-state index contributed by atoms with van der Waals surface area (Å²) in [4.78, 5) is 14.5. The second kappa shape index (κ2) is 6.55. The van der Waals surface area contributed by atoms with E-state index in [1.54, 1.807) is 0 Å². The zero-order chi connectivity index (χ0) is 13.8. The lowest BCUT2D eigenvalue weighted by Gasteiger charge is -2.36. The largest absolute Gasteiger partial charge is 0.353 e. The van der Waals surface area contributed by atoms with Crippen LogP contribution in [-0.4, -0.2) is 37.5 Å². The Bertz CT molecular complexity index is 274. The summed E-state index contributed by atoms with van der Waals surface area (Å²) in [5.41, 5.74) is -0.236. The van der Waals surface area contributed by atoms with Crippen LogP contribution in [0.1, 0.15) is 52.9 Å². The molecule has 0 aliphatic heterocycles. The molecule has 1 saturated carbocycles. The molecule has 0 saturated heterocycles. The highest BCUT2D eigenvalue weighted by Gasteiger charge is 2.31. The van der Waals surface area contributed by atoms with Gasteiger partial charge in [0, 0.05) is 18.0 Å². The van der Waals surface area contributed by atoms with Crippen LogP contribution in [0.5, 0.6) is 0 Å². The van der Waals surface area contributed by atoms with Crippen LogP contribution < -0.4 is 5.32 Å². The van der Waals surface area contributed by atoms with Crippen LogP contribution in [-0.2, 0) is 4.79 Å². The number of carbonyl (C=O) groups excluding carboxylic acids is 1.